The molecule has 2 N–H and O–H groups in total. The van der Waals surface area contributed by atoms with Gasteiger partial charge in [-0.2, -0.15) is 0 Å². The van der Waals surface area contributed by atoms with Gasteiger partial charge in [0.2, 0.25) is 11.8 Å². The summed E-state index contributed by atoms with van der Waals surface area (Å²) < 4.78 is 5.41. The SMILES string of the molecule is CCC1(NC(=O)CC2CC(=O)Nc3ccccc32)CCOCC1. The number of nitrogens with one attached hydrogen (secondary N) is 2. The second-order valence-electron chi connectivity index (χ2n) is 6.54. The summed E-state index contributed by atoms with van der Waals surface area (Å²) in [6, 6.07) is 7.74. The average molecular weight is 316 g/mol. The Balaban J connectivity index is 1.69. The molecular weight excluding hydrogens is 292 g/mol. The minimum Gasteiger partial charge on any atom is -0.381 e. The van der Waals surface area contributed by atoms with E-state index in [0.717, 1.165) is 30.5 Å². The molecule has 1 unspecified atom stereocenters. The highest BCUT2D eigenvalue weighted by atomic mass is 16.5. The van der Waals surface area contributed by atoms with Crippen molar-refractivity contribution in [2.75, 3.05) is 18.5 Å². The number of para-hydroxylation sites is 1. The molecule has 0 saturated carbocycles. The van der Waals surface area contributed by atoms with Gasteiger partial charge < -0.3 is 15.4 Å². The molecule has 0 aromatic heterocycles. The predicted molar refractivity (Wildman–Crippen MR) is 88.3 cm³/mol. The monoisotopic (exact) mass is 316 g/mol. The molecule has 2 heterocycles. The Bertz CT molecular complexity index is 594. The molecule has 1 atom stereocenters. The van der Waals surface area contributed by atoms with Crippen LogP contribution < -0.4 is 10.6 Å². The highest BCUT2D eigenvalue weighted by Gasteiger charge is 2.34. The van der Waals surface area contributed by atoms with Gasteiger partial charge in [-0.15, -0.1) is 0 Å². The van der Waals surface area contributed by atoms with Gasteiger partial charge in [-0.25, -0.2) is 0 Å². The molecule has 0 aliphatic carbocycles. The van der Waals surface area contributed by atoms with Gasteiger partial charge in [0, 0.05) is 43.2 Å². The van der Waals surface area contributed by atoms with E-state index in [-0.39, 0.29) is 23.3 Å². The maximum absolute atomic E-state index is 12.6. The van der Waals surface area contributed by atoms with Crippen molar-refractivity contribution in [2.45, 2.75) is 50.5 Å². The molecule has 23 heavy (non-hydrogen) atoms. The Morgan fingerprint density at radius 1 is 1.35 bits per heavy atom. The third-order valence-electron chi connectivity index (χ3n) is 5.07. The van der Waals surface area contributed by atoms with Crippen LogP contribution in [0.5, 0.6) is 0 Å². The first kappa shape index (κ1) is 16.0. The number of ether oxygens (including phenoxy) is 1. The van der Waals surface area contributed by atoms with Gasteiger partial charge in [0.05, 0.1) is 0 Å². The molecule has 0 bridgehead atoms. The van der Waals surface area contributed by atoms with E-state index in [1.54, 1.807) is 0 Å². The molecule has 1 aromatic carbocycles. The summed E-state index contributed by atoms with van der Waals surface area (Å²) in [4.78, 5) is 24.4. The lowest BCUT2D eigenvalue weighted by atomic mass is 9.85. The number of amides is 2. The fraction of sp³-hybridized carbons (Fsp3) is 0.556. The lowest BCUT2D eigenvalue weighted by Gasteiger charge is -2.38. The van der Waals surface area contributed by atoms with Crippen molar-refractivity contribution in [2.24, 2.45) is 0 Å². The summed E-state index contributed by atoms with van der Waals surface area (Å²) in [6.45, 7) is 3.50. The van der Waals surface area contributed by atoms with Gasteiger partial charge >= 0.3 is 0 Å². The van der Waals surface area contributed by atoms with Crippen molar-refractivity contribution >= 4 is 17.5 Å². The number of benzene rings is 1. The van der Waals surface area contributed by atoms with Gasteiger partial charge in [-0.3, -0.25) is 9.59 Å². The molecule has 0 spiro atoms. The third-order valence-corrected chi connectivity index (χ3v) is 5.07. The summed E-state index contributed by atoms with van der Waals surface area (Å²) >= 11 is 0. The van der Waals surface area contributed by atoms with Crippen LogP contribution in [0.2, 0.25) is 0 Å². The van der Waals surface area contributed by atoms with Crippen LogP contribution in [-0.2, 0) is 14.3 Å². The number of hydrogen-bond donors (Lipinski definition) is 2. The highest BCUT2D eigenvalue weighted by Crippen LogP contribution is 2.34. The van der Waals surface area contributed by atoms with Crippen LogP contribution in [0.1, 0.15) is 50.5 Å². The number of carbonyl (C=O) groups is 2. The lowest BCUT2D eigenvalue weighted by molar-refractivity contribution is -0.125. The van der Waals surface area contributed by atoms with Crippen LogP contribution >= 0.6 is 0 Å². The van der Waals surface area contributed by atoms with Gasteiger partial charge in [0.1, 0.15) is 0 Å². The van der Waals surface area contributed by atoms with Crippen molar-refractivity contribution in [1.29, 1.82) is 0 Å². The topological polar surface area (TPSA) is 67.4 Å². The van der Waals surface area contributed by atoms with E-state index in [1.165, 1.54) is 0 Å². The lowest BCUT2D eigenvalue weighted by Crippen LogP contribution is -2.51. The second kappa shape index (κ2) is 6.71. The number of fused-ring (bicyclic) bond motifs is 1. The largest absolute Gasteiger partial charge is 0.381 e. The van der Waals surface area contributed by atoms with Gasteiger partial charge in [0.15, 0.2) is 0 Å². The van der Waals surface area contributed by atoms with Crippen LogP contribution in [0.25, 0.3) is 0 Å². The van der Waals surface area contributed by atoms with Gasteiger partial charge in [-0.1, -0.05) is 25.1 Å². The molecule has 1 fully saturated rings. The molecule has 124 valence electrons. The Morgan fingerprint density at radius 2 is 2.09 bits per heavy atom. The zero-order chi connectivity index (χ0) is 16.3. The van der Waals surface area contributed by atoms with E-state index >= 15 is 0 Å². The van der Waals surface area contributed by atoms with Crippen LogP contribution in [0, 0.1) is 0 Å². The van der Waals surface area contributed by atoms with Crippen molar-refractivity contribution in [3.8, 4) is 0 Å². The Kier molecular flexibility index (Phi) is 4.66. The number of rotatable bonds is 4. The first-order valence-electron chi connectivity index (χ1n) is 8.39. The van der Waals surface area contributed by atoms with E-state index in [2.05, 4.69) is 17.6 Å². The maximum Gasteiger partial charge on any atom is 0.225 e. The molecule has 5 nitrogen and oxygen atoms in total. The number of carbonyl (C=O) groups excluding carboxylic acids is 2. The zero-order valence-corrected chi connectivity index (χ0v) is 13.6. The minimum atomic E-state index is -0.147. The summed E-state index contributed by atoms with van der Waals surface area (Å²) in [6.07, 6.45) is 3.34. The first-order valence-corrected chi connectivity index (χ1v) is 8.39. The van der Waals surface area contributed by atoms with Gasteiger partial charge in [0.25, 0.3) is 0 Å². The molecule has 5 heteroatoms. The first-order chi connectivity index (χ1) is 11.1. The van der Waals surface area contributed by atoms with Crippen molar-refractivity contribution < 1.29 is 14.3 Å². The Hall–Kier alpha value is -1.88. The fourth-order valence-corrected chi connectivity index (χ4v) is 3.58. The molecule has 2 amide bonds. The third kappa shape index (κ3) is 3.55. The van der Waals surface area contributed by atoms with Crippen molar-refractivity contribution in [3.05, 3.63) is 29.8 Å². The number of anilines is 1. The quantitative estimate of drug-likeness (QED) is 0.897. The van der Waals surface area contributed by atoms with Crippen LogP contribution in [0.4, 0.5) is 5.69 Å². The van der Waals surface area contributed by atoms with E-state index in [4.69, 9.17) is 4.74 Å². The fourth-order valence-electron chi connectivity index (χ4n) is 3.58. The molecule has 1 aromatic rings. The molecule has 2 aliphatic rings. The van der Waals surface area contributed by atoms with E-state index in [1.807, 2.05) is 24.3 Å². The van der Waals surface area contributed by atoms with E-state index in [0.29, 0.717) is 26.1 Å². The van der Waals surface area contributed by atoms with E-state index < -0.39 is 0 Å². The highest BCUT2D eigenvalue weighted by molar-refractivity contribution is 5.95. The molecular formula is C18H24N2O3. The van der Waals surface area contributed by atoms with Crippen molar-refractivity contribution in [3.63, 3.8) is 0 Å². The average Bonchev–Trinajstić information content (AvgIpc) is 2.55. The summed E-state index contributed by atoms with van der Waals surface area (Å²) in [5, 5.41) is 6.10. The van der Waals surface area contributed by atoms with Crippen LogP contribution in [0.3, 0.4) is 0 Å². The molecule has 3 rings (SSSR count). The number of hydrogen-bond acceptors (Lipinski definition) is 3. The summed E-state index contributed by atoms with van der Waals surface area (Å²) in [7, 11) is 0. The predicted octanol–water partition coefficient (Wildman–Crippen LogP) is 2.58. The zero-order valence-electron chi connectivity index (χ0n) is 13.6. The Labute approximate surface area is 136 Å². The van der Waals surface area contributed by atoms with E-state index in [9.17, 15) is 9.59 Å². The van der Waals surface area contributed by atoms with Crippen LogP contribution in [-0.4, -0.2) is 30.6 Å². The second-order valence-corrected chi connectivity index (χ2v) is 6.54. The van der Waals surface area contributed by atoms with Crippen molar-refractivity contribution in [1.82, 2.24) is 5.32 Å². The van der Waals surface area contributed by atoms with Gasteiger partial charge in [-0.05, 0) is 30.9 Å². The summed E-state index contributed by atoms with van der Waals surface area (Å²) in [5.74, 6) is -0.0327. The standard InChI is InChI=1S/C18H24N2O3/c1-2-18(7-9-23-10-8-18)20-17(22)12-13-11-16(21)19-15-6-4-3-5-14(13)15/h3-6,13H,2,7-12H2,1H3,(H,19,21)(H,20,22). The smallest absolute Gasteiger partial charge is 0.225 e. The maximum atomic E-state index is 12.6. The molecule has 0 radical (unpaired) electrons. The Morgan fingerprint density at radius 3 is 2.83 bits per heavy atom. The summed E-state index contributed by atoms with van der Waals surface area (Å²) in [5.41, 5.74) is 1.74. The van der Waals surface area contributed by atoms with Crippen LogP contribution in [0.15, 0.2) is 24.3 Å². The minimum absolute atomic E-state index is 0.0160. The molecule has 1 saturated heterocycles. The normalized spacial score (nSPS) is 22.8. The molecule has 2 aliphatic heterocycles.